The molecule has 7 fully saturated rings. The van der Waals surface area contributed by atoms with E-state index >= 15 is 0 Å². The zero-order valence-electron chi connectivity index (χ0n) is 54.9. The van der Waals surface area contributed by atoms with Crippen LogP contribution in [0.3, 0.4) is 0 Å². The molecule has 0 saturated carbocycles. The van der Waals surface area contributed by atoms with Gasteiger partial charge in [0.25, 0.3) is 5.79 Å². The molecule has 7 rings (SSSR count). The van der Waals surface area contributed by atoms with E-state index in [9.17, 15) is 132 Å². The van der Waals surface area contributed by atoms with Gasteiger partial charge in [-0.3, -0.25) is 14.4 Å². The minimum Gasteiger partial charge on any atom is -0.477 e. The molecule has 7 saturated heterocycles. The van der Waals surface area contributed by atoms with Gasteiger partial charge in [0.2, 0.25) is 17.7 Å². The lowest BCUT2D eigenvalue weighted by atomic mass is 9.90. The molecule has 0 aromatic carbocycles. The largest absolute Gasteiger partial charge is 0.477 e. The number of amides is 3. The zero-order valence-corrected chi connectivity index (χ0v) is 54.9. The molecule has 40 atom stereocenters. The van der Waals surface area contributed by atoms with Gasteiger partial charge in [0.1, 0.15) is 165 Å². The van der Waals surface area contributed by atoms with Crippen LogP contribution in [0.4, 0.5) is 0 Å². The van der Waals surface area contributed by atoms with E-state index in [2.05, 4.69) is 16.0 Å². The summed E-state index contributed by atoms with van der Waals surface area (Å²) in [6.45, 7) is 1.59. The average molecular weight is 1460 g/mol. The highest BCUT2D eigenvalue weighted by Gasteiger charge is 2.61. The smallest absolute Gasteiger partial charge is 0.364 e. The first-order valence-electron chi connectivity index (χ1n) is 32.1. The van der Waals surface area contributed by atoms with Crippen molar-refractivity contribution < 1.29 is 198 Å². The minimum atomic E-state index is -3.41. The lowest BCUT2D eigenvalue weighted by Gasteiger charge is -2.51. The molecule has 580 valence electrons. The fraction of sp³-hybridized carbons (Fsp3) is 0.930. The van der Waals surface area contributed by atoms with E-state index in [4.69, 9.17) is 66.3 Å². The van der Waals surface area contributed by atoms with Crippen LogP contribution in [0.25, 0.3) is 0 Å². The molecule has 0 bridgehead atoms. The molecule has 0 aromatic rings. The van der Waals surface area contributed by atoms with E-state index in [1.807, 2.05) is 0 Å². The Morgan fingerprint density at radius 3 is 1.39 bits per heavy atom. The van der Waals surface area contributed by atoms with Gasteiger partial charge in [0, 0.05) is 27.2 Å². The highest BCUT2D eigenvalue weighted by Crippen LogP contribution is 2.41. The Morgan fingerprint density at radius 2 is 0.920 bits per heavy atom. The standard InChI is InChI=1S/C57H97N3O40/c1-14-29(70)38(79)41(82)52(88-14)97-46-28(60-20(7)67)51(94-26(12-64)45(46)96-50-27(59-19(6)66)37(78)35(76)25(11-63)93-50)95-44(21(9-61)58-18(5)65)34(75)23(69)13-87-57(56(85)86)8-24(36(77)47(100-57)33(74)22(68)10-62)92-55-49(99-54-43(84)40(81)31(72)16(3)90-54)48(32(73)17(4)91-55)98-53-42(83)39(80)30(71)15(2)89-53/h14-17,21-55,61-64,68-84H,8-13H2,1-7H3,(H,58,65)(H,59,66)(H,60,67)(H,85,86)/t14-,15-,16-,17-,21-,22+,23+,24-,25+,26+,27+,28+,29+,30+,31+,32+,33+,34-,35-,36+,37+,38+,39+,40+,41-,42-,43-,44+,45+,46+,47-,48+,49-,50-,51-,52-,53-,54-,55-,57+/m0/s1. The lowest BCUT2D eigenvalue weighted by Crippen LogP contribution is -2.71. The first-order chi connectivity index (χ1) is 46.9. The van der Waals surface area contributed by atoms with Gasteiger partial charge in [-0.2, -0.15) is 0 Å². The van der Waals surface area contributed by atoms with Crippen LogP contribution in [0, 0.1) is 0 Å². The number of carboxylic acid groups (broad SMARTS) is 1. The van der Waals surface area contributed by atoms with Gasteiger partial charge >= 0.3 is 5.97 Å². The number of aliphatic hydroxyl groups excluding tert-OH is 21. The van der Waals surface area contributed by atoms with E-state index in [0.717, 1.165) is 20.8 Å². The second-order valence-corrected chi connectivity index (χ2v) is 25.7. The van der Waals surface area contributed by atoms with Crippen molar-refractivity contribution in [2.24, 2.45) is 0 Å². The number of aliphatic carboxylic acids is 1. The summed E-state index contributed by atoms with van der Waals surface area (Å²) in [6, 6.07) is -5.67. The number of carbonyl (C=O) groups excluding carboxylic acids is 3. The topological polar surface area (TPSA) is 679 Å². The molecule has 0 aliphatic carbocycles. The molecule has 3 amide bonds. The third kappa shape index (κ3) is 18.6. The summed E-state index contributed by atoms with van der Waals surface area (Å²) in [7, 11) is 0. The first kappa shape index (κ1) is 83.7. The molecule has 7 aliphatic rings. The summed E-state index contributed by atoms with van der Waals surface area (Å²) in [4.78, 5) is 52.5. The summed E-state index contributed by atoms with van der Waals surface area (Å²) in [5, 5.41) is 250. The van der Waals surface area contributed by atoms with Crippen LogP contribution in [-0.4, -0.2) is 414 Å². The summed E-state index contributed by atoms with van der Waals surface area (Å²) < 4.78 is 83.4. The van der Waals surface area contributed by atoms with Crippen molar-refractivity contribution in [1.82, 2.24) is 16.0 Å². The second-order valence-electron chi connectivity index (χ2n) is 25.7. The molecular weight excluding hydrogens is 1370 g/mol. The predicted octanol–water partition coefficient (Wildman–Crippen LogP) is -15.1. The summed E-state index contributed by atoms with van der Waals surface area (Å²) in [6.07, 6.45) is -73.7. The number of carbonyl (C=O) groups is 4. The van der Waals surface area contributed by atoms with Crippen LogP contribution < -0.4 is 16.0 Å². The number of rotatable bonds is 28. The van der Waals surface area contributed by atoms with Crippen LogP contribution in [0.15, 0.2) is 0 Å². The highest BCUT2D eigenvalue weighted by molar-refractivity contribution is 5.76. The first-order valence-corrected chi connectivity index (χ1v) is 32.1. The summed E-state index contributed by atoms with van der Waals surface area (Å²) in [5.74, 6) is -8.42. The quantitative estimate of drug-likeness (QED) is 0.0346. The van der Waals surface area contributed by atoms with E-state index in [-0.39, 0.29) is 0 Å². The number of nitrogens with one attached hydrogen (secondary N) is 3. The minimum absolute atomic E-state index is 0.836. The summed E-state index contributed by atoms with van der Waals surface area (Å²) in [5.41, 5.74) is 0. The maximum absolute atomic E-state index is 13.8. The summed E-state index contributed by atoms with van der Waals surface area (Å²) >= 11 is 0. The van der Waals surface area contributed by atoms with Crippen molar-refractivity contribution in [3.63, 3.8) is 0 Å². The predicted molar refractivity (Wildman–Crippen MR) is 313 cm³/mol. The Balaban J connectivity index is 1.25. The number of hydrogen-bond acceptors (Lipinski definition) is 39. The van der Waals surface area contributed by atoms with E-state index in [1.54, 1.807) is 0 Å². The van der Waals surface area contributed by atoms with Crippen molar-refractivity contribution in [1.29, 1.82) is 0 Å². The number of ether oxygens (including phenoxy) is 14. The third-order valence-electron chi connectivity index (χ3n) is 18.4. The van der Waals surface area contributed by atoms with Gasteiger partial charge in [-0.1, -0.05) is 0 Å². The normalized spacial score (nSPS) is 46.1. The van der Waals surface area contributed by atoms with E-state index in [0.29, 0.717) is 0 Å². The molecule has 0 aromatic heterocycles. The Bertz CT molecular complexity index is 2620. The fourth-order valence-corrected chi connectivity index (χ4v) is 12.6. The van der Waals surface area contributed by atoms with Crippen LogP contribution in [-0.2, 0) is 85.5 Å². The van der Waals surface area contributed by atoms with Crippen LogP contribution >= 0.6 is 0 Å². The molecule has 43 nitrogen and oxygen atoms in total. The van der Waals surface area contributed by atoms with E-state index < -0.39 is 308 Å². The molecule has 43 heteroatoms. The monoisotopic (exact) mass is 1460 g/mol. The fourth-order valence-electron chi connectivity index (χ4n) is 12.6. The number of hydrogen-bond donors (Lipinski definition) is 25. The van der Waals surface area contributed by atoms with Gasteiger partial charge in [0.05, 0.1) is 69.6 Å². The number of aliphatic hydroxyl groups is 21. The van der Waals surface area contributed by atoms with Gasteiger partial charge in [-0.05, 0) is 27.7 Å². The Labute approximate surface area is 568 Å². The van der Waals surface area contributed by atoms with Gasteiger partial charge in [-0.15, -0.1) is 0 Å². The zero-order chi connectivity index (χ0) is 74.6. The molecule has 0 spiro atoms. The molecule has 0 unspecified atom stereocenters. The highest BCUT2D eigenvalue weighted by atomic mass is 16.8. The van der Waals surface area contributed by atoms with Crippen molar-refractivity contribution in [2.75, 3.05) is 33.0 Å². The molecule has 100 heavy (non-hydrogen) atoms. The van der Waals surface area contributed by atoms with Crippen LogP contribution in [0.1, 0.15) is 54.9 Å². The Kier molecular flexibility index (Phi) is 29.9. The van der Waals surface area contributed by atoms with Gasteiger partial charge < -0.3 is 195 Å². The van der Waals surface area contributed by atoms with E-state index in [1.165, 1.54) is 27.7 Å². The molecule has 7 aliphatic heterocycles. The lowest BCUT2D eigenvalue weighted by molar-refractivity contribution is -0.401. The van der Waals surface area contributed by atoms with Crippen molar-refractivity contribution >= 4 is 23.7 Å². The van der Waals surface area contributed by atoms with Gasteiger partial charge in [0.15, 0.2) is 37.7 Å². The van der Waals surface area contributed by atoms with Crippen molar-refractivity contribution in [3.05, 3.63) is 0 Å². The van der Waals surface area contributed by atoms with Gasteiger partial charge in [-0.25, -0.2) is 4.79 Å². The molecule has 0 radical (unpaired) electrons. The van der Waals surface area contributed by atoms with Crippen LogP contribution in [0.2, 0.25) is 0 Å². The maximum atomic E-state index is 13.8. The third-order valence-corrected chi connectivity index (χ3v) is 18.4. The maximum Gasteiger partial charge on any atom is 0.364 e. The number of carboxylic acids is 1. The Morgan fingerprint density at radius 1 is 0.460 bits per heavy atom. The van der Waals surface area contributed by atoms with Crippen LogP contribution in [0.5, 0.6) is 0 Å². The second kappa shape index (κ2) is 35.7. The Hall–Kier alpha value is -3.52. The average Bonchev–Trinajstić information content (AvgIpc) is 0.765. The SMILES string of the molecule is CC(=O)N[C@H]1[C@H](O[C@H]2[C@H](O[C@@H]3O[C@@H](C)[C@@H](O)[C@@H](O)[C@@H]3O)[C@@H](NC(C)=O)[C@H](O[C@@H]([C@@H](O)[C@H](O)CO[C@]3(C(=O)O)C[C@H](O[C@@H]4O[C@@H](C)[C@@H](O)[C@@H](O[C@@H]5O[C@@H](C)[C@@H](O)[C@@H](O)[C@@H]5O)[C@@H]4O[C@@H]4O[C@@H](C)[C@@H](O)[C@@H](O)[C@@H]4O)[C@@H](O)[C@H]([C@H](O)[C@H](O)CO)O3)[C@H](CO)NC(C)=O)O[C@@H]2CO)O[C@H](CO)[C@H](O)[C@@H]1O. The molecule has 25 N–H and O–H groups in total. The van der Waals surface area contributed by atoms with Crippen molar-refractivity contribution in [2.45, 2.75) is 300 Å². The molecule has 7 heterocycles. The molecular formula is C57H97N3O40. The van der Waals surface area contributed by atoms with Crippen molar-refractivity contribution in [3.8, 4) is 0 Å².